The molecule has 3 rings (SSSR count). The van der Waals surface area contributed by atoms with Crippen LogP contribution in [-0.4, -0.2) is 18.6 Å². The van der Waals surface area contributed by atoms with E-state index in [2.05, 4.69) is 20.2 Å². The number of aryl methyl sites for hydroxylation is 2. The van der Waals surface area contributed by atoms with Crippen molar-refractivity contribution >= 4 is 21.5 Å². The summed E-state index contributed by atoms with van der Waals surface area (Å²) in [7, 11) is -3.77. The Hall–Kier alpha value is -2.87. The predicted octanol–water partition coefficient (Wildman–Crippen LogP) is 3.10. The molecule has 0 aliphatic carbocycles. The van der Waals surface area contributed by atoms with E-state index in [0.29, 0.717) is 23.7 Å². The zero-order valence-corrected chi connectivity index (χ0v) is 14.7. The lowest BCUT2D eigenvalue weighted by Crippen LogP contribution is -2.14. The molecular formula is C17H18N4O3S. The summed E-state index contributed by atoms with van der Waals surface area (Å²) in [6.07, 6.45) is 1.46. The van der Waals surface area contributed by atoms with E-state index < -0.39 is 10.0 Å². The predicted molar refractivity (Wildman–Crippen MR) is 94.8 cm³/mol. The lowest BCUT2D eigenvalue weighted by molar-refractivity contribution is 0.390. The van der Waals surface area contributed by atoms with E-state index in [1.165, 1.54) is 6.20 Å². The molecule has 0 aliphatic heterocycles. The van der Waals surface area contributed by atoms with Gasteiger partial charge in [-0.15, -0.1) is 0 Å². The second kappa shape index (κ2) is 6.94. The molecule has 0 spiro atoms. The van der Waals surface area contributed by atoms with Crippen LogP contribution in [0.1, 0.15) is 17.0 Å². The van der Waals surface area contributed by atoms with Crippen molar-refractivity contribution in [3.8, 4) is 0 Å². The molecule has 7 nitrogen and oxygen atoms in total. The van der Waals surface area contributed by atoms with Crippen LogP contribution in [-0.2, 0) is 16.6 Å². The van der Waals surface area contributed by atoms with Crippen LogP contribution < -0.4 is 10.0 Å². The summed E-state index contributed by atoms with van der Waals surface area (Å²) in [6, 6.07) is 13.3. The summed E-state index contributed by atoms with van der Waals surface area (Å²) in [5.74, 6) is 0.906. The van der Waals surface area contributed by atoms with Crippen molar-refractivity contribution in [2.45, 2.75) is 25.3 Å². The van der Waals surface area contributed by atoms with Crippen molar-refractivity contribution < 1.29 is 12.9 Å². The quantitative estimate of drug-likeness (QED) is 0.703. The monoisotopic (exact) mass is 358 g/mol. The Kier molecular flexibility index (Phi) is 4.71. The maximum absolute atomic E-state index is 12.4. The van der Waals surface area contributed by atoms with E-state index in [1.54, 1.807) is 26.0 Å². The number of pyridine rings is 1. The third-order valence-electron chi connectivity index (χ3n) is 3.57. The number of aromatic nitrogens is 2. The fourth-order valence-corrected chi connectivity index (χ4v) is 3.79. The zero-order valence-electron chi connectivity index (χ0n) is 13.9. The third kappa shape index (κ3) is 3.97. The molecule has 2 heterocycles. The lowest BCUT2D eigenvalue weighted by atomic mass is 10.2. The minimum atomic E-state index is -3.77. The van der Waals surface area contributed by atoms with E-state index in [9.17, 15) is 8.42 Å². The molecule has 130 valence electrons. The molecule has 25 heavy (non-hydrogen) atoms. The first kappa shape index (κ1) is 17.0. The molecule has 2 N–H and O–H groups in total. The summed E-state index contributed by atoms with van der Waals surface area (Å²) in [5.41, 5.74) is 1.82. The van der Waals surface area contributed by atoms with Gasteiger partial charge in [-0.2, -0.15) is 0 Å². The molecule has 0 saturated heterocycles. The molecule has 0 bridgehead atoms. The largest absolute Gasteiger partial charge is 0.366 e. The second-order valence-corrected chi connectivity index (χ2v) is 7.15. The SMILES string of the molecule is Cc1noc(C)c1S(=O)(=O)Nc1ccc(NCc2ccccc2)nc1. The molecule has 0 fully saturated rings. The average molecular weight is 358 g/mol. The minimum Gasteiger partial charge on any atom is -0.366 e. The molecule has 2 aromatic heterocycles. The van der Waals surface area contributed by atoms with Crippen molar-refractivity contribution in [2.75, 3.05) is 10.0 Å². The fraction of sp³-hybridized carbons (Fsp3) is 0.176. The van der Waals surface area contributed by atoms with Crippen molar-refractivity contribution in [1.82, 2.24) is 10.1 Å². The maximum atomic E-state index is 12.4. The van der Waals surface area contributed by atoms with Crippen molar-refractivity contribution in [1.29, 1.82) is 0 Å². The summed E-state index contributed by atoms with van der Waals surface area (Å²) in [5, 5.41) is 6.85. The van der Waals surface area contributed by atoms with Crippen molar-refractivity contribution in [3.05, 3.63) is 65.7 Å². The summed E-state index contributed by atoms with van der Waals surface area (Å²) < 4.78 is 32.3. The van der Waals surface area contributed by atoms with E-state index in [-0.39, 0.29) is 10.7 Å². The van der Waals surface area contributed by atoms with Crippen LogP contribution in [0, 0.1) is 13.8 Å². The Morgan fingerprint density at radius 3 is 2.44 bits per heavy atom. The van der Waals surface area contributed by atoms with Gasteiger partial charge in [0.1, 0.15) is 11.5 Å². The third-order valence-corrected chi connectivity index (χ3v) is 5.19. The van der Waals surface area contributed by atoms with Gasteiger partial charge in [-0.05, 0) is 31.5 Å². The highest BCUT2D eigenvalue weighted by molar-refractivity contribution is 7.92. The molecular weight excluding hydrogens is 340 g/mol. The Labute approximate surface area is 146 Å². The minimum absolute atomic E-state index is 0.0544. The highest BCUT2D eigenvalue weighted by Gasteiger charge is 2.24. The highest BCUT2D eigenvalue weighted by atomic mass is 32.2. The van der Waals surface area contributed by atoms with E-state index in [4.69, 9.17) is 4.52 Å². The Morgan fingerprint density at radius 2 is 1.84 bits per heavy atom. The number of benzene rings is 1. The first-order valence-corrected chi connectivity index (χ1v) is 9.13. The molecule has 0 atom stereocenters. The number of nitrogens with one attached hydrogen (secondary N) is 2. The van der Waals surface area contributed by atoms with Crippen LogP contribution in [0.4, 0.5) is 11.5 Å². The lowest BCUT2D eigenvalue weighted by Gasteiger charge is -2.09. The maximum Gasteiger partial charge on any atom is 0.267 e. The first-order chi connectivity index (χ1) is 12.0. The van der Waals surface area contributed by atoms with Crippen LogP contribution in [0.2, 0.25) is 0 Å². The van der Waals surface area contributed by atoms with Gasteiger partial charge in [-0.1, -0.05) is 35.5 Å². The average Bonchev–Trinajstić information content (AvgIpc) is 2.94. The van der Waals surface area contributed by atoms with E-state index in [1.807, 2.05) is 30.3 Å². The Balaban J connectivity index is 1.68. The van der Waals surface area contributed by atoms with Crippen LogP contribution in [0.3, 0.4) is 0 Å². The molecule has 0 unspecified atom stereocenters. The topological polar surface area (TPSA) is 97.1 Å². The van der Waals surface area contributed by atoms with Gasteiger partial charge in [0.05, 0.1) is 11.9 Å². The summed E-state index contributed by atoms with van der Waals surface area (Å²) in [6.45, 7) is 3.78. The van der Waals surface area contributed by atoms with E-state index >= 15 is 0 Å². The van der Waals surface area contributed by atoms with Gasteiger partial charge in [0.25, 0.3) is 10.0 Å². The molecule has 0 aliphatic rings. The Morgan fingerprint density at radius 1 is 1.08 bits per heavy atom. The van der Waals surface area contributed by atoms with Crippen LogP contribution in [0.25, 0.3) is 0 Å². The highest BCUT2D eigenvalue weighted by Crippen LogP contribution is 2.22. The normalized spacial score (nSPS) is 11.3. The van der Waals surface area contributed by atoms with Crippen LogP contribution in [0.15, 0.2) is 58.1 Å². The second-order valence-electron chi connectivity index (χ2n) is 5.53. The Bertz CT molecular complexity index is 932. The van der Waals surface area contributed by atoms with Crippen LogP contribution >= 0.6 is 0 Å². The number of hydrogen-bond donors (Lipinski definition) is 2. The molecule has 8 heteroatoms. The van der Waals surface area contributed by atoms with Gasteiger partial charge >= 0.3 is 0 Å². The van der Waals surface area contributed by atoms with Gasteiger partial charge in [0.2, 0.25) is 0 Å². The summed E-state index contributed by atoms with van der Waals surface area (Å²) in [4.78, 5) is 4.28. The van der Waals surface area contributed by atoms with Gasteiger partial charge in [0, 0.05) is 6.54 Å². The van der Waals surface area contributed by atoms with Gasteiger partial charge < -0.3 is 9.84 Å². The number of hydrogen-bond acceptors (Lipinski definition) is 6. The molecule has 0 radical (unpaired) electrons. The zero-order chi connectivity index (χ0) is 17.9. The van der Waals surface area contributed by atoms with Crippen LogP contribution in [0.5, 0.6) is 0 Å². The number of anilines is 2. The van der Waals surface area contributed by atoms with Gasteiger partial charge in [-0.3, -0.25) is 4.72 Å². The summed E-state index contributed by atoms with van der Waals surface area (Å²) >= 11 is 0. The standard InChI is InChI=1S/C17H18N4O3S/c1-12-17(13(2)24-20-12)25(22,23)21-15-8-9-16(19-11-15)18-10-14-6-4-3-5-7-14/h3-9,11,21H,10H2,1-2H3,(H,18,19). The van der Waals surface area contributed by atoms with Crippen molar-refractivity contribution in [2.24, 2.45) is 0 Å². The van der Waals surface area contributed by atoms with Gasteiger partial charge in [0.15, 0.2) is 10.7 Å². The number of sulfonamides is 1. The molecule has 1 aromatic carbocycles. The first-order valence-electron chi connectivity index (χ1n) is 7.65. The molecule has 0 amide bonds. The van der Waals surface area contributed by atoms with E-state index in [0.717, 1.165) is 5.56 Å². The fourth-order valence-electron chi connectivity index (χ4n) is 2.41. The molecule has 0 saturated carbocycles. The molecule has 3 aromatic rings. The number of rotatable bonds is 6. The van der Waals surface area contributed by atoms with Crippen molar-refractivity contribution in [3.63, 3.8) is 0 Å². The number of nitrogens with zero attached hydrogens (tertiary/aromatic N) is 2. The smallest absolute Gasteiger partial charge is 0.267 e. The van der Waals surface area contributed by atoms with Gasteiger partial charge in [-0.25, -0.2) is 13.4 Å².